The van der Waals surface area contributed by atoms with Gasteiger partial charge in [0, 0.05) is 30.9 Å². The molecule has 0 saturated carbocycles. The van der Waals surface area contributed by atoms with Crippen molar-refractivity contribution in [1.82, 2.24) is 10.2 Å². The first kappa shape index (κ1) is 17.8. The highest BCUT2D eigenvalue weighted by Crippen LogP contribution is 2.24. The van der Waals surface area contributed by atoms with E-state index in [4.69, 9.17) is 0 Å². The first-order chi connectivity index (χ1) is 11.2. The van der Waals surface area contributed by atoms with E-state index in [0.717, 1.165) is 0 Å². The van der Waals surface area contributed by atoms with Crippen LogP contribution in [0.1, 0.15) is 15.9 Å². The van der Waals surface area contributed by atoms with Gasteiger partial charge in [0.1, 0.15) is 6.54 Å². The Hall–Kier alpha value is -2.51. The number of anilines is 1. The Kier molecular flexibility index (Phi) is 5.16. The lowest BCUT2D eigenvalue weighted by Crippen LogP contribution is -2.39. The molecule has 1 aromatic rings. The Labute approximate surface area is 137 Å². The molecule has 1 saturated heterocycles. The van der Waals surface area contributed by atoms with E-state index < -0.39 is 18.6 Å². The molecule has 5 nitrogen and oxygen atoms in total. The summed E-state index contributed by atoms with van der Waals surface area (Å²) in [6, 6.07) is 4.27. The fourth-order valence-corrected chi connectivity index (χ4v) is 2.57. The molecular formula is C16H18F3N3O2. The molecule has 0 unspecified atom stereocenters. The second-order valence-electron chi connectivity index (χ2n) is 5.47. The molecule has 24 heavy (non-hydrogen) atoms. The lowest BCUT2D eigenvalue weighted by Gasteiger charge is -2.23. The number of nitrogens with one attached hydrogen (secondary N) is 1. The van der Waals surface area contributed by atoms with Crippen molar-refractivity contribution in [3.63, 3.8) is 0 Å². The van der Waals surface area contributed by atoms with Gasteiger partial charge in [0.2, 0.25) is 0 Å². The third-order valence-corrected chi connectivity index (χ3v) is 3.60. The van der Waals surface area contributed by atoms with Crippen molar-refractivity contribution in [2.24, 2.45) is 0 Å². The lowest BCUT2D eigenvalue weighted by atomic mass is 10.1. The van der Waals surface area contributed by atoms with Gasteiger partial charge < -0.3 is 10.2 Å². The summed E-state index contributed by atoms with van der Waals surface area (Å²) in [5.41, 5.74) is 1.41. The van der Waals surface area contributed by atoms with Crippen LogP contribution in [-0.4, -0.2) is 49.2 Å². The van der Waals surface area contributed by atoms with Crippen LogP contribution in [-0.2, 0) is 0 Å². The molecule has 0 spiro atoms. The van der Waals surface area contributed by atoms with Crippen LogP contribution in [0.15, 0.2) is 30.9 Å². The minimum atomic E-state index is -4.48. The van der Waals surface area contributed by atoms with Crippen molar-refractivity contribution in [3.8, 4) is 0 Å². The number of hydrogen-bond acceptors (Lipinski definition) is 2. The summed E-state index contributed by atoms with van der Waals surface area (Å²) in [6.07, 6.45) is -3.24. The largest absolute Gasteiger partial charge is 0.406 e. The number of carbonyl (C=O) groups excluding carboxylic acids is 2. The number of hydrogen-bond donors (Lipinski definition) is 1. The summed E-state index contributed by atoms with van der Waals surface area (Å²) in [4.78, 5) is 26.3. The lowest BCUT2D eigenvalue weighted by molar-refractivity contribution is -0.139. The summed E-state index contributed by atoms with van der Waals surface area (Å²) in [5.74, 6) is -0.729. The van der Waals surface area contributed by atoms with Crippen molar-refractivity contribution in [1.29, 1.82) is 0 Å². The van der Waals surface area contributed by atoms with Crippen LogP contribution in [0.25, 0.3) is 0 Å². The predicted molar refractivity (Wildman–Crippen MR) is 84.1 cm³/mol. The smallest absolute Gasteiger partial charge is 0.336 e. The Balaban J connectivity index is 2.24. The van der Waals surface area contributed by atoms with Gasteiger partial charge in [-0.2, -0.15) is 13.2 Å². The van der Waals surface area contributed by atoms with E-state index in [1.54, 1.807) is 13.0 Å². The van der Waals surface area contributed by atoms with E-state index in [0.29, 0.717) is 29.2 Å². The zero-order valence-corrected chi connectivity index (χ0v) is 13.2. The van der Waals surface area contributed by atoms with Crippen molar-refractivity contribution < 1.29 is 22.8 Å². The summed E-state index contributed by atoms with van der Waals surface area (Å²) in [6.45, 7) is 4.58. The van der Waals surface area contributed by atoms with Gasteiger partial charge in [-0.05, 0) is 30.7 Å². The van der Waals surface area contributed by atoms with Crippen LogP contribution in [0, 0.1) is 6.92 Å². The van der Waals surface area contributed by atoms with Crippen molar-refractivity contribution in [2.45, 2.75) is 13.1 Å². The van der Waals surface area contributed by atoms with Gasteiger partial charge in [-0.25, -0.2) is 4.79 Å². The number of benzene rings is 1. The van der Waals surface area contributed by atoms with Gasteiger partial charge in [-0.3, -0.25) is 9.69 Å². The number of nitrogens with zero attached hydrogens (tertiary/aromatic N) is 2. The molecule has 3 amide bonds. The van der Waals surface area contributed by atoms with Crippen LogP contribution < -0.4 is 10.2 Å². The average molecular weight is 341 g/mol. The zero-order chi connectivity index (χ0) is 17.9. The Morgan fingerprint density at radius 1 is 1.46 bits per heavy atom. The molecule has 1 N–H and O–H groups in total. The first-order valence-electron chi connectivity index (χ1n) is 7.36. The monoisotopic (exact) mass is 341 g/mol. The van der Waals surface area contributed by atoms with Gasteiger partial charge in [0.05, 0.1) is 0 Å². The fraction of sp³-hybridized carbons (Fsp3) is 0.375. The topological polar surface area (TPSA) is 52.7 Å². The molecule has 130 valence electrons. The number of aryl methyl sites for hydroxylation is 1. The van der Waals surface area contributed by atoms with Crippen LogP contribution >= 0.6 is 0 Å². The van der Waals surface area contributed by atoms with E-state index in [9.17, 15) is 22.8 Å². The van der Waals surface area contributed by atoms with Crippen molar-refractivity contribution in [3.05, 3.63) is 42.0 Å². The third-order valence-electron chi connectivity index (χ3n) is 3.60. The molecule has 0 aliphatic carbocycles. The van der Waals surface area contributed by atoms with E-state index in [1.165, 1.54) is 23.1 Å². The molecule has 1 aromatic carbocycles. The summed E-state index contributed by atoms with van der Waals surface area (Å²) >= 11 is 0. The molecule has 0 aromatic heterocycles. The number of carbonyl (C=O) groups is 2. The van der Waals surface area contributed by atoms with E-state index in [1.807, 2.05) is 0 Å². The molecular weight excluding hydrogens is 323 g/mol. The molecule has 0 radical (unpaired) electrons. The Bertz CT molecular complexity index is 658. The molecule has 1 aliphatic rings. The zero-order valence-electron chi connectivity index (χ0n) is 13.2. The maximum atomic E-state index is 12.6. The van der Waals surface area contributed by atoms with Crippen molar-refractivity contribution in [2.75, 3.05) is 31.1 Å². The number of rotatable bonds is 5. The van der Waals surface area contributed by atoms with Gasteiger partial charge in [-0.15, -0.1) is 6.58 Å². The van der Waals surface area contributed by atoms with Gasteiger partial charge >= 0.3 is 12.2 Å². The molecule has 8 heteroatoms. The van der Waals surface area contributed by atoms with Crippen LogP contribution in [0.2, 0.25) is 0 Å². The summed E-state index contributed by atoms with van der Waals surface area (Å²) in [5, 5.41) is 2.67. The fourth-order valence-electron chi connectivity index (χ4n) is 2.57. The third kappa shape index (κ3) is 4.06. The Morgan fingerprint density at radius 3 is 2.67 bits per heavy atom. The van der Waals surface area contributed by atoms with E-state index >= 15 is 0 Å². The van der Waals surface area contributed by atoms with Gasteiger partial charge in [0.25, 0.3) is 5.91 Å². The van der Waals surface area contributed by atoms with Crippen LogP contribution in [0.5, 0.6) is 0 Å². The van der Waals surface area contributed by atoms with Crippen molar-refractivity contribution >= 4 is 17.6 Å². The highest BCUT2D eigenvalue weighted by atomic mass is 19.4. The predicted octanol–water partition coefficient (Wildman–Crippen LogP) is 2.72. The quantitative estimate of drug-likeness (QED) is 0.837. The van der Waals surface area contributed by atoms with Crippen LogP contribution in [0.4, 0.5) is 23.7 Å². The van der Waals surface area contributed by atoms with Gasteiger partial charge in [0.15, 0.2) is 0 Å². The minimum Gasteiger partial charge on any atom is -0.336 e. The number of amides is 3. The van der Waals surface area contributed by atoms with E-state index in [2.05, 4.69) is 11.9 Å². The molecule has 1 fully saturated rings. The highest BCUT2D eigenvalue weighted by Gasteiger charge is 2.33. The Morgan fingerprint density at radius 2 is 2.17 bits per heavy atom. The molecule has 1 heterocycles. The molecule has 2 rings (SSSR count). The maximum Gasteiger partial charge on any atom is 0.406 e. The minimum absolute atomic E-state index is 0.141. The van der Waals surface area contributed by atoms with Crippen LogP contribution in [0.3, 0.4) is 0 Å². The van der Waals surface area contributed by atoms with Gasteiger partial charge in [-0.1, -0.05) is 6.08 Å². The molecule has 0 atom stereocenters. The molecule has 1 aliphatic heterocycles. The summed E-state index contributed by atoms with van der Waals surface area (Å²) < 4.78 is 37.9. The SMILES string of the molecule is C=CCN(CC(F)(F)F)C(=O)c1ccc(N2CCNC2=O)c(C)c1. The summed E-state index contributed by atoms with van der Waals surface area (Å²) in [7, 11) is 0. The number of halogens is 3. The first-order valence-corrected chi connectivity index (χ1v) is 7.36. The highest BCUT2D eigenvalue weighted by molar-refractivity contribution is 5.98. The second kappa shape index (κ2) is 6.94. The average Bonchev–Trinajstić information content (AvgIpc) is 2.90. The maximum absolute atomic E-state index is 12.6. The number of alkyl halides is 3. The number of urea groups is 1. The second-order valence-corrected chi connectivity index (χ2v) is 5.47. The normalized spacial score (nSPS) is 14.5. The standard InChI is InChI=1S/C16H18F3N3O2/c1-3-7-21(10-16(17,18)19)14(23)12-4-5-13(11(2)9-12)22-8-6-20-15(22)24/h3-5,9H,1,6-8,10H2,2H3,(H,20,24). The molecule has 0 bridgehead atoms. The van der Waals surface area contributed by atoms with E-state index in [-0.39, 0.29) is 18.1 Å².